The van der Waals surface area contributed by atoms with E-state index in [1.807, 2.05) is 0 Å². The quantitative estimate of drug-likeness (QED) is 0.833. The highest BCUT2D eigenvalue weighted by atomic mass is 79.9. The van der Waals surface area contributed by atoms with Crippen LogP contribution in [0.2, 0.25) is 0 Å². The zero-order chi connectivity index (χ0) is 14.4. The van der Waals surface area contributed by atoms with Gasteiger partial charge in [0.2, 0.25) is 0 Å². The highest BCUT2D eigenvalue weighted by Crippen LogP contribution is 2.17. The van der Waals surface area contributed by atoms with Crippen molar-refractivity contribution >= 4 is 21.8 Å². The molecule has 0 aromatic heterocycles. The molecule has 0 atom stereocenters. The van der Waals surface area contributed by atoms with Gasteiger partial charge >= 0.3 is 0 Å². The minimum atomic E-state index is -0.349. The van der Waals surface area contributed by atoms with Gasteiger partial charge in [-0.3, -0.25) is 4.79 Å². The minimum Gasteiger partial charge on any atom is -0.352 e. The molecule has 3 nitrogen and oxygen atoms in total. The molecule has 1 aromatic carbocycles. The van der Waals surface area contributed by atoms with Gasteiger partial charge < -0.3 is 10.2 Å². The molecule has 1 saturated heterocycles. The molecule has 1 fully saturated rings. The summed E-state index contributed by atoms with van der Waals surface area (Å²) in [6, 6.07) is 4.11. The van der Waals surface area contributed by atoms with Crippen LogP contribution >= 0.6 is 15.9 Å². The molecule has 20 heavy (non-hydrogen) atoms. The first kappa shape index (κ1) is 15.4. The Morgan fingerprint density at radius 1 is 1.30 bits per heavy atom. The number of rotatable bonds is 5. The Labute approximate surface area is 127 Å². The van der Waals surface area contributed by atoms with E-state index in [-0.39, 0.29) is 11.7 Å². The van der Waals surface area contributed by atoms with Crippen molar-refractivity contribution < 1.29 is 9.18 Å². The molecule has 0 unspecified atom stereocenters. The first-order valence-electron chi connectivity index (χ1n) is 7.12. The molecule has 0 aliphatic carbocycles. The topological polar surface area (TPSA) is 32.3 Å². The largest absolute Gasteiger partial charge is 0.352 e. The SMILES string of the molecule is O=C(NCCCN1CCCCC1)c1ccc(F)cc1Br. The van der Waals surface area contributed by atoms with E-state index in [9.17, 15) is 9.18 Å². The van der Waals surface area contributed by atoms with Gasteiger partial charge in [0.25, 0.3) is 5.91 Å². The maximum absolute atomic E-state index is 13.0. The van der Waals surface area contributed by atoms with E-state index in [4.69, 9.17) is 0 Å². The summed E-state index contributed by atoms with van der Waals surface area (Å²) in [5.74, 6) is -0.506. The Kier molecular flexibility index (Phi) is 5.98. The van der Waals surface area contributed by atoms with Crippen LogP contribution in [0.15, 0.2) is 22.7 Å². The summed E-state index contributed by atoms with van der Waals surface area (Å²) in [6.07, 6.45) is 4.86. The molecule has 5 heteroatoms. The van der Waals surface area contributed by atoms with Gasteiger partial charge in [0.05, 0.1) is 5.56 Å². The molecule has 0 radical (unpaired) electrons. The molecule has 1 N–H and O–H groups in total. The van der Waals surface area contributed by atoms with Crippen LogP contribution < -0.4 is 5.32 Å². The van der Waals surface area contributed by atoms with E-state index in [2.05, 4.69) is 26.1 Å². The zero-order valence-electron chi connectivity index (χ0n) is 11.5. The van der Waals surface area contributed by atoms with Gasteiger partial charge in [-0.05, 0) is 73.0 Å². The fourth-order valence-corrected chi connectivity index (χ4v) is 2.99. The Morgan fingerprint density at radius 3 is 2.75 bits per heavy atom. The van der Waals surface area contributed by atoms with Crippen LogP contribution in [-0.2, 0) is 0 Å². The second-order valence-corrected chi connectivity index (χ2v) is 5.99. The van der Waals surface area contributed by atoms with Crippen molar-refractivity contribution in [3.05, 3.63) is 34.1 Å². The monoisotopic (exact) mass is 342 g/mol. The molecular weight excluding hydrogens is 323 g/mol. The molecule has 1 heterocycles. The number of hydrogen-bond acceptors (Lipinski definition) is 2. The standard InChI is InChI=1S/C15H20BrFN2O/c16-14-11-12(17)5-6-13(14)15(20)18-7-4-10-19-8-2-1-3-9-19/h5-6,11H,1-4,7-10H2,(H,18,20). The number of halogens is 2. The van der Waals surface area contributed by atoms with E-state index in [0.717, 1.165) is 13.0 Å². The predicted molar refractivity (Wildman–Crippen MR) is 81.3 cm³/mol. The molecule has 0 spiro atoms. The third kappa shape index (κ3) is 4.56. The van der Waals surface area contributed by atoms with Gasteiger partial charge in [-0.1, -0.05) is 6.42 Å². The number of likely N-dealkylation sites (tertiary alicyclic amines) is 1. The minimum absolute atomic E-state index is 0.157. The summed E-state index contributed by atoms with van der Waals surface area (Å²) < 4.78 is 13.4. The van der Waals surface area contributed by atoms with Crippen LogP contribution in [0.5, 0.6) is 0 Å². The van der Waals surface area contributed by atoms with Crippen LogP contribution in [-0.4, -0.2) is 37.0 Å². The Morgan fingerprint density at radius 2 is 2.05 bits per heavy atom. The van der Waals surface area contributed by atoms with Crippen molar-refractivity contribution in [2.45, 2.75) is 25.7 Å². The number of amides is 1. The number of carbonyl (C=O) groups is 1. The zero-order valence-corrected chi connectivity index (χ0v) is 13.1. The van der Waals surface area contributed by atoms with Crippen LogP contribution in [0.1, 0.15) is 36.0 Å². The number of carbonyl (C=O) groups excluding carboxylic acids is 1. The maximum Gasteiger partial charge on any atom is 0.252 e. The third-order valence-corrected chi connectivity index (χ3v) is 4.22. The lowest BCUT2D eigenvalue weighted by molar-refractivity contribution is 0.0950. The first-order valence-corrected chi connectivity index (χ1v) is 7.92. The van der Waals surface area contributed by atoms with Gasteiger partial charge in [0, 0.05) is 11.0 Å². The van der Waals surface area contributed by atoms with Gasteiger partial charge in [-0.15, -0.1) is 0 Å². The highest BCUT2D eigenvalue weighted by molar-refractivity contribution is 9.10. The van der Waals surface area contributed by atoms with Crippen molar-refractivity contribution in [1.82, 2.24) is 10.2 Å². The van der Waals surface area contributed by atoms with Gasteiger partial charge in [0.15, 0.2) is 0 Å². The van der Waals surface area contributed by atoms with Crippen molar-refractivity contribution in [3.63, 3.8) is 0 Å². The lowest BCUT2D eigenvalue weighted by atomic mass is 10.1. The second-order valence-electron chi connectivity index (χ2n) is 5.14. The molecule has 1 aromatic rings. The van der Waals surface area contributed by atoms with Crippen LogP contribution in [0.3, 0.4) is 0 Å². The Hall–Kier alpha value is -0.940. The number of piperidine rings is 1. The molecular formula is C15H20BrFN2O. The second kappa shape index (κ2) is 7.74. The van der Waals surface area contributed by atoms with E-state index < -0.39 is 0 Å². The van der Waals surface area contributed by atoms with Crippen LogP contribution in [0.25, 0.3) is 0 Å². The average molecular weight is 343 g/mol. The fourth-order valence-electron chi connectivity index (χ4n) is 2.46. The summed E-state index contributed by atoms with van der Waals surface area (Å²) in [5.41, 5.74) is 0.476. The molecule has 0 saturated carbocycles. The van der Waals surface area contributed by atoms with E-state index in [0.29, 0.717) is 16.6 Å². The fraction of sp³-hybridized carbons (Fsp3) is 0.533. The number of nitrogens with zero attached hydrogens (tertiary/aromatic N) is 1. The Bertz CT molecular complexity index is 461. The number of benzene rings is 1. The number of nitrogens with one attached hydrogen (secondary N) is 1. The number of hydrogen-bond donors (Lipinski definition) is 1. The van der Waals surface area contributed by atoms with E-state index in [1.54, 1.807) is 0 Å². The van der Waals surface area contributed by atoms with E-state index >= 15 is 0 Å². The average Bonchev–Trinajstić information content (AvgIpc) is 2.44. The van der Waals surface area contributed by atoms with Crippen LogP contribution in [0, 0.1) is 5.82 Å². The van der Waals surface area contributed by atoms with Crippen molar-refractivity contribution in [2.75, 3.05) is 26.2 Å². The normalized spacial score (nSPS) is 16.1. The molecule has 110 valence electrons. The van der Waals surface area contributed by atoms with Gasteiger partial charge in [-0.25, -0.2) is 4.39 Å². The van der Waals surface area contributed by atoms with Crippen LogP contribution in [0.4, 0.5) is 4.39 Å². The molecule has 1 amide bonds. The van der Waals surface area contributed by atoms with Crippen molar-refractivity contribution in [1.29, 1.82) is 0 Å². The maximum atomic E-state index is 13.0. The summed E-state index contributed by atoms with van der Waals surface area (Å²) >= 11 is 3.21. The summed E-state index contributed by atoms with van der Waals surface area (Å²) in [5, 5.41) is 2.88. The summed E-state index contributed by atoms with van der Waals surface area (Å²) in [4.78, 5) is 14.4. The Balaban J connectivity index is 1.72. The molecule has 0 bridgehead atoms. The lowest BCUT2D eigenvalue weighted by Crippen LogP contribution is -2.33. The van der Waals surface area contributed by atoms with E-state index in [1.165, 1.54) is 50.6 Å². The van der Waals surface area contributed by atoms with Crippen molar-refractivity contribution in [2.24, 2.45) is 0 Å². The third-order valence-electron chi connectivity index (χ3n) is 3.56. The van der Waals surface area contributed by atoms with Gasteiger partial charge in [0.1, 0.15) is 5.82 Å². The highest BCUT2D eigenvalue weighted by Gasteiger charge is 2.11. The smallest absolute Gasteiger partial charge is 0.252 e. The molecule has 1 aliphatic rings. The van der Waals surface area contributed by atoms with Gasteiger partial charge in [-0.2, -0.15) is 0 Å². The van der Waals surface area contributed by atoms with Crippen molar-refractivity contribution in [3.8, 4) is 0 Å². The first-order chi connectivity index (χ1) is 9.66. The molecule has 1 aliphatic heterocycles. The molecule has 2 rings (SSSR count). The summed E-state index contributed by atoms with van der Waals surface area (Å²) in [6.45, 7) is 4.04. The predicted octanol–water partition coefficient (Wildman–Crippen LogP) is 3.19. The summed E-state index contributed by atoms with van der Waals surface area (Å²) in [7, 11) is 0. The lowest BCUT2D eigenvalue weighted by Gasteiger charge is -2.26.